The second kappa shape index (κ2) is 4.76. The average Bonchev–Trinajstić information content (AvgIpc) is 3.15. The van der Waals surface area contributed by atoms with Crippen LogP contribution in [0.3, 0.4) is 0 Å². The molecule has 19 heavy (non-hydrogen) atoms. The lowest BCUT2D eigenvalue weighted by Gasteiger charge is -2.16. The van der Waals surface area contributed by atoms with Crippen LogP contribution in [0, 0.1) is 17.7 Å². The summed E-state index contributed by atoms with van der Waals surface area (Å²) in [5.41, 5.74) is 6.12. The molecule has 1 aliphatic carbocycles. The Hall–Kier alpha value is -1.13. The summed E-state index contributed by atoms with van der Waals surface area (Å²) in [6.45, 7) is 1.14. The molecule has 1 aliphatic heterocycles. The van der Waals surface area contributed by atoms with Gasteiger partial charge in [0.1, 0.15) is 5.82 Å². The second-order valence-electron chi connectivity index (χ2n) is 5.50. The van der Waals surface area contributed by atoms with Crippen molar-refractivity contribution >= 4 is 17.5 Å². The summed E-state index contributed by atoms with van der Waals surface area (Å²) in [6, 6.07) is 4.06. The van der Waals surface area contributed by atoms with Crippen LogP contribution in [0.25, 0.3) is 0 Å². The van der Waals surface area contributed by atoms with Crippen molar-refractivity contribution < 1.29 is 9.18 Å². The summed E-state index contributed by atoms with van der Waals surface area (Å²) >= 11 is 5.82. The van der Waals surface area contributed by atoms with E-state index in [1.807, 2.05) is 0 Å². The van der Waals surface area contributed by atoms with Crippen molar-refractivity contribution in [3.63, 3.8) is 0 Å². The number of nitrogens with zero attached hydrogens (tertiary/aromatic N) is 1. The van der Waals surface area contributed by atoms with Crippen LogP contribution in [0.4, 0.5) is 4.39 Å². The third-order valence-electron chi connectivity index (χ3n) is 4.09. The van der Waals surface area contributed by atoms with Crippen LogP contribution in [0.15, 0.2) is 18.2 Å². The number of benzene rings is 1. The molecule has 1 saturated heterocycles. The summed E-state index contributed by atoms with van der Waals surface area (Å²) in [4.78, 5) is 14.0. The SMILES string of the molecule is N[C@@H]1CN(C(=O)c2cc(Cl)ccc2F)C[C@H]1C1CC1. The molecule has 3 rings (SSSR count). The third-order valence-corrected chi connectivity index (χ3v) is 4.32. The van der Waals surface area contributed by atoms with Gasteiger partial charge in [-0.3, -0.25) is 4.79 Å². The second-order valence-corrected chi connectivity index (χ2v) is 5.94. The highest BCUT2D eigenvalue weighted by Crippen LogP contribution is 2.41. The molecule has 0 radical (unpaired) electrons. The van der Waals surface area contributed by atoms with Crippen LogP contribution in [0.1, 0.15) is 23.2 Å². The molecule has 1 aromatic rings. The lowest BCUT2D eigenvalue weighted by atomic mass is 9.99. The quantitative estimate of drug-likeness (QED) is 0.905. The normalized spacial score (nSPS) is 26.8. The van der Waals surface area contributed by atoms with E-state index in [0.717, 1.165) is 0 Å². The standard InChI is InChI=1S/C14H16ClFN2O/c15-9-3-4-12(16)10(5-9)14(19)18-6-11(8-1-2-8)13(17)7-18/h3-5,8,11,13H,1-2,6-7,17H2/t11-,13+/m0/s1. The topological polar surface area (TPSA) is 46.3 Å². The molecule has 1 heterocycles. The van der Waals surface area contributed by atoms with Gasteiger partial charge in [0.05, 0.1) is 5.56 Å². The smallest absolute Gasteiger partial charge is 0.256 e. The molecular formula is C14H16ClFN2O. The Bertz CT molecular complexity index is 518. The van der Waals surface area contributed by atoms with Gasteiger partial charge in [-0.15, -0.1) is 0 Å². The predicted molar refractivity (Wildman–Crippen MR) is 71.5 cm³/mol. The van der Waals surface area contributed by atoms with Crippen LogP contribution < -0.4 is 5.73 Å². The first kappa shape index (κ1) is 12.9. The molecule has 0 spiro atoms. The maximum absolute atomic E-state index is 13.7. The number of hydrogen-bond acceptors (Lipinski definition) is 2. The molecule has 5 heteroatoms. The van der Waals surface area contributed by atoms with Crippen molar-refractivity contribution in [1.29, 1.82) is 0 Å². The van der Waals surface area contributed by atoms with Crippen molar-refractivity contribution in [2.75, 3.05) is 13.1 Å². The van der Waals surface area contributed by atoms with E-state index in [9.17, 15) is 9.18 Å². The number of rotatable bonds is 2. The number of nitrogens with two attached hydrogens (primary N) is 1. The van der Waals surface area contributed by atoms with Crippen LogP contribution in [-0.2, 0) is 0 Å². The van der Waals surface area contributed by atoms with Crippen LogP contribution in [0.2, 0.25) is 5.02 Å². The fraction of sp³-hybridized carbons (Fsp3) is 0.500. The van der Waals surface area contributed by atoms with Gasteiger partial charge >= 0.3 is 0 Å². The van der Waals surface area contributed by atoms with Crippen molar-refractivity contribution in [3.8, 4) is 0 Å². The Kier molecular flexibility index (Phi) is 3.23. The molecule has 1 saturated carbocycles. The van der Waals surface area contributed by atoms with Gasteiger partial charge in [0.25, 0.3) is 5.91 Å². The minimum Gasteiger partial charge on any atom is -0.337 e. The van der Waals surface area contributed by atoms with E-state index in [1.54, 1.807) is 4.90 Å². The zero-order chi connectivity index (χ0) is 13.6. The molecule has 1 amide bonds. The van der Waals surface area contributed by atoms with Gasteiger partial charge in [-0.2, -0.15) is 0 Å². The van der Waals surface area contributed by atoms with E-state index in [4.69, 9.17) is 17.3 Å². The lowest BCUT2D eigenvalue weighted by molar-refractivity contribution is 0.0780. The molecule has 2 N–H and O–H groups in total. The van der Waals surface area contributed by atoms with E-state index in [2.05, 4.69) is 0 Å². The molecule has 0 bridgehead atoms. The summed E-state index contributed by atoms with van der Waals surface area (Å²) in [5.74, 6) is 0.180. The van der Waals surface area contributed by atoms with Crippen LogP contribution in [-0.4, -0.2) is 29.9 Å². The molecule has 1 aromatic carbocycles. The Morgan fingerprint density at radius 2 is 2.11 bits per heavy atom. The van der Waals surface area contributed by atoms with E-state index < -0.39 is 5.82 Å². The summed E-state index contributed by atoms with van der Waals surface area (Å²) < 4.78 is 13.7. The zero-order valence-corrected chi connectivity index (χ0v) is 11.2. The minimum absolute atomic E-state index is 0.0127. The fourth-order valence-corrected chi connectivity index (χ4v) is 3.05. The molecule has 0 aromatic heterocycles. The Balaban J connectivity index is 1.79. The minimum atomic E-state index is -0.530. The van der Waals surface area contributed by atoms with Gasteiger partial charge in [-0.1, -0.05) is 11.6 Å². The highest BCUT2D eigenvalue weighted by atomic mass is 35.5. The first-order chi connectivity index (χ1) is 9.06. The third kappa shape index (κ3) is 2.47. The molecule has 2 aliphatic rings. The number of carbonyl (C=O) groups excluding carboxylic acids is 1. The average molecular weight is 283 g/mol. The maximum atomic E-state index is 13.7. The van der Waals surface area contributed by atoms with Gasteiger partial charge in [0.2, 0.25) is 0 Å². The molecule has 3 nitrogen and oxygen atoms in total. The van der Waals surface area contributed by atoms with Crippen molar-refractivity contribution in [3.05, 3.63) is 34.6 Å². The largest absolute Gasteiger partial charge is 0.337 e. The maximum Gasteiger partial charge on any atom is 0.256 e. The molecule has 0 unspecified atom stereocenters. The van der Waals surface area contributed by atoms with E-state index in [1.165, 1.54) is 31.0 Å². The van der Waals surface area contributed by atoms with E-state index in [0.29, 0.717) is 29.9 Å². The number of halogens is 2. The molecular weight excluding hydrogens is 267 g/mol. The number of hydrogen-bond donors (Lipinski definition) is 1. The Labute approximate surface area is 116 Å². The number of amides is 1. The van der Waals surface area contributed by atoms with E-state index in [-0.39, 0.29) is 17.5 Å². The fourth-order valence-electron chi connectivity index (χ4n) is 2.87. The van der Waals surface area contributed by atoms with Crippen LogP contribution in [0.5, 0.6) is 0 Å². The highest BCUT2D eigenvalue weighted by molar-refractivity contribution is 6.31. The lowest BCUT2D eigenvalue weighted by Crippen LogP contribution is -2.33. The summed E-state index contributed by atoms with van der Waals surface area (Å²) in [7, 11) is 0. The first-order valence-electron chi connectivity index (χ1n) is 6.56. The Morgan fingerprint density at radius 1 is 1.37 bits per heavy atom. The van der Waals surface area contributed by atoms with Gasteiger partial charge in [0, 0.05) is 24.2 Å². The van der Waals surface area contributed by atoms with Crippen molar-refractivity contribution in [2.45, 2.75) is 18.9 Å². The van der Waals surface area contributed by atoms with Gasteiger partial charge in [-0.25, -0.2) is 4.39 Å². The highest BCUT2D eigenvalue weighted by Gasteiger charge is 2.42. The van der Waals surface area contributed by atoms with Gasteiger partial charge in [0.15, 0.2) is 0 Å². The summed E-state index contributed by atoms with van der Waals surface area (Å²) in [6.07, 6.45) is 2.40. The van der Waals surface area contributed by atoms with Crippen molar-refractivity contribution in [1.82, 2.24) is 4.90 Å². The van der Waals surface area contributed by atoms with Crippen LogP contribution >= 0.6 is 11.6 Å². The first-order valence-corrected chi connectivity index (χ1v) is 6.94. The molecule has 102 valence electrons. The predicted octanol–water partition coefficient (Wildman–Crippen LogP) is 2.29. The van der Waals surface area contributed by atoms with Crippen molar-refractivity contribution in [2.24, 2.45) is 17.6 Å². The zero-order valence-electron chi connectivity index (χ0n) is 10.5. The van der Waals surface area contributed by atoms with Gasteiger partial charge in [-0.05, 0) is 42.9 Å². The number of likely N-dealkylation sites (tertiary alicyclic amines) is 1. The number of carbonyl (C=O) groups is 1. The van der Waals surface area contributed by atoms with Gasteiger partial charge < -0.3 is 10.6 Å². The Morgan fingerprint density at radius 3 is 2.79 bits per heavy atom. The monoisotopic (exact) mass is 282 g/mol. The molecule has 2 fully saturated rings. The molecule has 2 atom stereocenters. The summed E-state index contributed by atoms with van der Waals surface area (Å²) in [5, 5.41) is 0.368. The van der Waals surface area contributed by atoms with E-state index >= 15 is 0 Å².